The average molecular weight is 562 g/mol. The summed E-state index contributed by atoms with van der Waals surface area (Å²) in [6, 6.07) is 16.7. The number of benzene rings is 3. The van der Waals surface area contributed by atoms with Gasteiger partial charge in [-0.1, -0.05) is 18.2 Å². The van der Waals surface area contributed by atoms with Gasteiger partial charge in [-0.05, 0) is 69.8 Å². The number of amides is 1. The van der Waals surface area contributed by atoms with Gasteiger partial charge >= 0.3 is 5.97 Å². The van der Waals surface area contributed by atoms with Crippen LogP contribution in [0, 0.1) is 5.82 Å². The number of carbonyl (C=O) groups excluding carboxylic acids is 3. The van der Waals surface area contributed by atoms with Crippen molar-refractivity contribution >= 4 is 34.8 Å². The van der Waals surface area contributed by atoms with Crippen molar-refractivity contribution in [2.24, 2.45) is 0 Å². The van der Waals surface area contributed by atoms with Crippen molar-refractivity contribution in [2.45, 2.75) is 32.7 Å². The van der Waals surface area contributed by atoms with Crippen molar-refractivity contribution in [2.75, 3.05) is 33.1 Å². The van der Waals surface area contributed by atoms with E-state index in [0.717, 1.165) is 23.1 Å². The summed E-state index contributed by atoms with van der Waals surface area (Å²) in [5, 5.41) is 9.45. The summed E-state index contributed by atoms with van der Waals surface area (Å²) in [5.41, 5.74) is 4.33. The number of anilines is 1. The van der Waals surface area contributed by atoms with E-state index in [1.54, 1.807) is 38.4 Å². The Labute approximate surface area is 239 Å². The second-order valence-electron chi connectivity index (χ2n) is 9.90. The zero-order chi connectivity index (χ0) is 30.2. The SMILES string of the molecule is CCOC(=O)CC(C)(C)NC.CNC(=O)c1c(-c2ccc(F)cc2)oc2cc(NC)c(-c3cccc(C=O)c3)cc12. The zero-order valence-electron chi connectivity index (χ0n) is 24.2. The molecule has 216 valence electrons. The Morgan fingerprint density at radius 1 is 1.00 bits per heavy atom. The maximum atomic E-state index is 13.4. The first-order valence-electron chi connectivity index (χ1n) is 13.2. The number of ether oxygens (including phenoxy) is 1. The molecule has 4 aromatic rings. The van der Waals surface area contributed by atoms with E-state index in [4.69, 9.17) is 9.15 Å². The van der Waals surface area contributed by atoms with Crippen LogP contribution < -0.4 is 16.0 Å². The van der Waals surface area contributed by atoms with E-state index in [1.165, 1.54) is 12.1 Å². The molecule has 0 saturated carbocycles. The summed E-state index contributed by atoms with van der Waals surface area (Å²) in [5.74, 6) is -0.457. The number of hydrogen-bond donors (Lipinski definition) is 3. The van der Waals surface area contributed by atoms with Crippen LogP contribution in [0.25, 0.3) is 33.4 Å². The van der Waals surface area contributed by atoms with Crippen molar-refractivity contribution < 1.29 is 27.9 Å². The molecule has 3 aromatic carbocycles. The normalized spacial score (nSPS) is 10.9. The predicted octanol–water partition coefficient (Wildman–Crippen LogP) is 6.06. The Hall–Kier alpha value is -4.50. The minimum Gasteiger partial charge on any atom is -0.466 e. The van der Waals surface area contributed by atoms with E-state index in [1.807, 2.05) is 52.1 Å². The lowest BCUT2D eigenvalue weighted by Gasteiger charge is -2.22. The van der Waals surface area contributed by atoms with Gasteiger partial charge in [-0.2, -0.15) is 0 Å². The van der Waals surface area contributed by atoms with Gasteiger partial charge in [0, 0.05) is 53.5 Å². The van der Waals surface area contributed by atoms with Gasteiger partial charge in [0.1, 0.15) is 23.4 Å². The van der Waals surface area contributed by atoms with Gasteiger partial charge in [0.2, 0.25) is 0 Å². The highest BCUT2D eigenvalue weighted by Gasteiger charge is 2.23. The van der Waals surface area contributed by atoms with Gasteiger partial charge in [-0.15, -0.1) is 0 Å². The molecule has 3 N–H and O–H groups in total. The van der Waals surface area contributed by atoms with Crippen LogP contribution in [0.2, 0.25) is 0 Å². The monoisotopic (exact) mass is 561 g/mol. The Balaban J connectivity index is 0.000000358. The van der Waals surface area contributed by atoms with Crippen molar-refractivity contribution in [3.63, 3.8) is 0 Å². The summed E-state index contributed by atoms with van der Waals surface area (Å²) in [4.78, 5) is 34.9. The number of esters is 1. The van der Waals surface area contributed by atoms with Crippen molar-refractivity contribution in [3.05, 3.63) is 77.6 Å². The van der Waals surface area contributed by atoms with E-state index in [0.29, 0.717) is 46.4 Å². The Kier molecular flexibility index (Phi) is 10.4. The Morgan fingerprint density at radius 2 is 1.71 bits per heavy atom. The van der Waals surface area contributed by atoms with Crippen LogP contribution in [0.4, 0.5) is 10.1 Å². The van der Waals surface area contributed by atoms with Crippen LogP contribution in [0.15, 0.2) is 65.1 Å². The quantitative estimate of drug-likeness (QED) is 0.168. The summed E-state index contributed by atoms with van der Waals surface area (Å²) in [6.45, 7) is 6.19. The highest BCUT2D eigenvalue weighted by molar-refractivity contribution is 6.12. The number of halogens is 1. The van der Waals surface area contributed by atoms with Gasteiger partial charge < -0.3 is 25.1 Å². The molecule has 1 heterocycles. The summed E-state index contributed by atoms with van der Waals surface area (Å²) < 4.78 is 24.2. The lowest BCUT2D eigenvalue weighted by atomic mass is 9.97. The number of rotatable bonds is 9. The highest BCUT2D eigenvalue weighted by Crippen LogP contribution is 2.39. The van der Waals surface area contributed by atoms with Crippen LogP contribution in [0.1, 0.15) is 47.9 Å². The van der Waals surface area contributed by atoms with Gasteiger partial charge in [-0.3, -0.25) is 14.4 Å². The number of nitrogens with one attached hydrogen (secondary N) is 3. The van der Waals surface area contributed by atoms with E-state index < -0.39 is 0 Å². The molecule has 0 atom stereocenters. The molecule has 0 spiro atoms. The minimum absolute atomic E-state index is 0.146. The molecule has 0 aliphatic rings. The third-order valence-electron chi connectivity index (χ3n) is 6.56. The Morgan fingerprint density at radius 3 is 2.29 bits per heavy atom. The molecule has 41 heavy (non-hydrogen) atoms. The topological polar surface area (TPSA) is 110 Å². The fourth-order valence-corrected chi connectivity index (χ4v) is 4.18. The second kappa shape index (κ2) is 13.7. The van der Waals surface area contributed by atoms with Crippen LogP contribution in [-0.4, -0.2) is 51.5 Å². The van der Waals surface area contributed by atoms with Gasteiger partial charge in [0.25, 0.3) is 5.91 Å². The highest BCUT2D eigenvalue weighted by atomic mass is 19.1. The number of fused-ring (bicyclic) bond motifs is 1. The predicted molar refractivity (Wildman–Crippen MR) is 160 cm³/mol. The van der Waals surface area contributed by atoms with Crippen LogP contribution >= 0.6 is 0 Å². The fraction of sp³-hybridized carbons (Fsp3) is 0.281. The molecular weight excluding hydrogens is 525 g/mol. The number of furan rings is 1. The standard InChI is InChI=1S/C24H19FN2O3.C8H17NO2/c1-26-20-12-21-19(11-18(20)16-5-3-4-14(10-16)13-28)22(24(29)27-2)23(30-21)15-6-8-17(25)9-7-15;1-5-11-7(10)6-8(2,3)9-4/h3-13,26H,1-2H3,(H,27,29);9H,5-6H2,1-4H3. The average Bonchev–Trinajstić information content (AvgIpc) is 3.35. The molecule has 0 fully saturated rings. The molecule has 0 aliphatic carbocycles. The zero-order valence-corrected chi connectivity index (χ0v) is 24.2. The third kappa shape index (κ3) is 7.58. The van der Waals surface area contributed by atoms with E-state index in [2.05, 4.69) is 16.0 Å². The largest absolute Gasteiger partial charge is 0.466 e. The van der Waals surface area contributed by atoms with Crippen molar-refractivity contribution in [1.82, 2.24) is 10.6 Å². The van der Waals surface area contributed by atoms with Crippen molar-refractivity contribution in [1.29, 1.82) is 0 Å². The molecular formula is C32H36FN3O5. The summed E-state index contributed by atoms with van der Waals surface area (Å²) in [6.07, 6.45) is 1.21. The number of aldehydes is 1. The third-order valence-corrected chi connectivity index (χ3v) is 6.56. The molecule has 4 rings (SSSR count). The van der Waals surface area contributed by atoms with Gasteiger partial charge in [0.15, 0.2) is 0 Å². The van der Waals surface area contributed by atoms with Gasteiger partial charge in [-0.25, -0.2) is 4.39 Å². The molecule has 9 heteroatoms. The maximum absolute atomic E-state index is 13.4. The summed E-state index contributed by atoms with van der Waals surface area (Å²) >= 11 is 0. The molecule has 0 bridgehead atoms. The van der Waals surface area contributed by atoms with E-state index >= 15 is 0 Å². The second-order valence-corrected chi connectivity index (χ2v) is 9.90. The molecule has 1 aromatic heterocycles. The van der Waals surface area contributed by atoms with Crippen molar-refractivity contribution in [3.8, 4) is 22.5 Å². The first kappa shape index (κ1) is 31.0. The maximum Gasteiger partial charge on any atom is 0.307 e. The van der Waals surface area contributed by atoms with Crippen LogP contribution in [0.5, 0.6) is 0 Å². The Bertz CT molecular complexity index is 1530. The van der Waals surface area contributed by atoms with Crippen LogP contribution in [0.3, 0.4) is 0 Å². The van der Waals surface area contributed by atoms with Crippen LogP contribution in [-0.2, 0) is 9.53 Å². The van der Waals surface area contributed by atoms with E-state index in [9.17, 15) is 18.8 Å². The molecule has 1 amide bonds. The smallest absolute Gasteiger partial charge is 0.307 e. The molecule has 8 nitrogen and oxygen atoms in total. The molecule has 0 aliphatic heterocycles. The molecule has 0 radical (unpaired) electrons. The summed E-state index contributed by atoms with van der Waals surface area (Å²) in [7, 11) is 5.17. The first-order chi connectivity index (χ1) is 19.6. The van der Waals surface area contributed by atoms with E-state index in [-0.39, 0.29) is 23.2 Å². The first-order valence-corrected chi connectivity index (χ1v) is 13.2. The molecule has 0 unspecified atom stereocenters. The number of hydrogen-bond acceptors (Lipinski definition) is 7. The minimum atomic E-state index is -0.369. The number of carbonyl (C=O) groups is 3. The molecule has 0 saturated heterocycles. The fourth-order valence-electron chi connectivity index (χ4n) is 4.18. The lowest BCUT2D eigenvalue weighted by molar-refractivity contribution is -0.144. The van der Waals surface area contributed by atoms with Gasteiger partial charge in [0.05, 0.1) is 18.6 Å². The lowest BCUT2D eigenvalue weighted by Crippen LogP contribution is -2.38.